The van der Waals surface area contributed by atoms with Crippen molar-refractivity contribution in [1.82, 2.24) is 9.47 Å². The van der Waals surface area contributed by atoms with Crippen LogP contribution in [0.1, 0.15) is 22.4 Å². The maximum atomic E-state index is 6.16. The fraction of sp³-hybridized carbons (Fsp3) is 0.304. The number of aromatic nitrogens is 1. The van der Waals surface area contributed by atoms with Gasteiger partial charge in [-0.1, -0.05) is 53.6 Å². The molecule has 0 spiro atoms. The third-order valence-corrected chi connectivity index (χ3v) is 4.89. The molecule has 0 fully saturated rings. The molecule has 3 rings (SSSR count). The average Bonchev–Trinajstić information content (AvgIpc) is 3.06. The normalized spacial score (nSPS) is 11.3. The lowest BCUT2D eigenvalue weighted by molar-refractivity contribution is 0.138. The van der Waals surface area contributed by atoms with Crippen LogP contribution in [0.5, 0.6) is 0 Å². The first-order valence-corrected chi connectivity index (χ1v) is 9.67. The standard InChI is InChI=1S/C23H27ClN2O/c1-19-6-3-7-20(14-19)17-26-11-5-10-23(26)18-25(12-13-27-2)16-21-8-4-9-22(24)15-21/h3-11,14-15H,12-13,16-18H2,1-2H3. The maximum Gasteiger partial charge on any atom is 0.0589 e. The minimum absolute atomic E-state index is 0.707. The van der Waals surface area contributed by atoms with E-state index in [1.165, 1.54) is 22.4 Å². The molecule has 0 aliphatic carbocycles. The second-order valence-electron chi connectivity index (χ2n) is 6.95. The lowest BCUT2D eigenvalue weighted by Gasteiger charge is -2.23. The molecule has 1 heterocycles. The molecule has 1 aromatic heterocycles. The zero-order chi connectivity index (χ0) is 19.1. The average molecular weight is 383 g/mol. The number of ether oxygens (including phenoxy) is 1. The summed E-state index contributed by atoms with van der Waals surface area (Å²) >= 11 is 6.16. The Morgan fingerprint density at radius 2 is 1.78 bits per heavy atom. The molecule has 0 aliphatic heterocycles. The van der Waals surface area contributed by atoms with Crippen molar-refractivity contribution in [1.29, 1.82) is 0 Å². The number of nitrogens with zero attached hydrogens (tertiary/aromatic N) is 2. The van der Waals surface area contributed by atoms with Crippen molar-refractivity contribution in [2.75, 3.05) is 20.3 Å². The largest absolute Gasteiger partial charge is 0.383 e. The van der Waals surface area contributed by atoms with Gasteiger partial charge in [-0.15, -0.1) is 0 Å². The van der Waals surface area contributed by atoms with Crippen LogP contribution in [0.15, 0.2) is 66.9 Å². The number of benzene rings is 2. The van der Waals surface area contributed by atoms with Gasteiger partial charge in [0.15, 0.2) is 0 Å². The predicted octanol–water partition coefficient (Wildman–Crippen LogP) is 5.15. The molecule has 0 bridgehead atoms. The van der Waals surface area contributed by atoms with E-state index in [0.717, 1.165) is 31.2 Å². The van der Waals surface area contributed by atoms with Gasteiger partial charge in [0.05, 0.1) is 6.61 Å². The van der Waals surface area contributed by atoms with Crippen molar-refractivity contribution >= 4 is 11.6 Å². The molecule has 0 radical (unpaired) electrons. The van der Waals surface area contributed by atoms with E-state index in [9.17, 15) is 0 Å². The number of rotatable bonds is 9. The highest BCUT2D eigenvalue weighted by Crippen LogP contribution is 2.16. The third kappa shape index (κ3) is 5.96. The van der Waals surface area contributed by atoms with Crippen LogP contribution in [0.2, 0.25) is 5.02 Å². The van der Waals surface area contributed by atoms with Crippen molar-refractivity contribution in [3.8, 4) is 0 Å². The van der Waals surface area contributed by atoms with Crippen LogP contribution in [-0.4, -0.2) is 29.7 Å². The van der Waals surface area contributed by atoms with E-state index in [1.54, 1.807) is 7.11 Å². The first-order chi connectivity index (χ1) is 13.1. The summed E-state index contributed by atoms with van der Waals surface area (Å²) in [5.74, 6) is 0. The van der Waals surface area contributed by atoms with Gasteiger partial charge in [-0.05, 0) is 42.3 Å². The molecule has 0 aliphatic rings. The van der Waals surface area contributed by atoms with E-state index in [2.05, 4.69) is 65.1 Å². The molecule has 27 heavy (non-hydrogen) atoms. The molecule has 0 atom stereocenters. The summed E-state index contributed by atoms with van der Waals surface area (Å²) in [5.41, 5.74) is 5.14. The molecule has 0 saturated carbocycles. The van der Waals surface area contributed by atoms with Crippen molar-refractivity contribution < 1.29 is 4.74 Å². The lowest BCUT2D eigenvalue weighted by atomic mass is 10.1. The van der Waals surface area contributed by atoms with Gasteiger partial charge in [-0.2, -0.15) is 0 Å². The Balaban J connectivity index is 1.73. The highest BCUT2D eigenvalue weighted by Gasteiger charge is 2.11. The Morgan fingerprint density at radius 3 is 2.56 bits per heavy atom. The highest BCUT2D eigenvalue weighted by molar-refractivity contribution is 6.30. The van der Waals surface area contributed by atoms with E-state index < -0.39 is 0 Å². The predicted molar refractivity (Wildman–Crippen MR) is 112 cm³/mol. The van der Waals surface area contributed by atoms with Crippen LogP contribution in [-0.2, 0) is 24.4 Å². The Morgan fingerprint density at radius 1 is 0.963 bits per heavy atom. The van der Waals surface area contributed by atoms with Gasteiger partial charge in [0.2, 0.25) is 0 Å². The highest BCUT2D eigenvalue weighted by atomic mass is 35.5. The van der Waals surface area contributed by atoms with Crippen molar-refractivity contribution in [2.45, 2.75) is 26.6 Å². The molecular formula is C23H27ClN2O. The fourth-order valence-corrected chi connectivity index (χ4v) is 3.52. The zero-order valence-corrected chi connectivity index (χ0v) is 16.8. The summed E-state index contributed by atoms with van der Waals surface area (Å²) in [7, 11) is 1.75. The van der Waals surface area contributed by atoms with Crippen LogP contribution in [0.4, 0.5) is 0 Å². The van der Waals surface area contributed by atoms with E-state index >= 15 is 0 Å². The number of hydrogen-bond acceptors (Lipinski definition) is 2. The van der Waals surface area contributed by atoms with Gasteiger partial charge in [-0.25, -0.2) is 0 Å². The molecule has 2 aromatic carbocycles. The van der Waals surface area contributed by atoms with Crippen LogP contribution < -0.4 is 0 Å². The Labute approximate surface area is 167 Å². The number of aryl methyl sites for hydroxylation is 1. The number of halogens is 1. The van der Waals surface area contributed by atoms with E-state index in [1.807, 2.05) is 18.2 Å². The molecule has 0 amide bonds. The quantitative estimate of drug-likeness (QED) is 0.509. The van der Waals surface area contributed by atoms with Crippen LogP contribution >= 0.6 is 11.6 Å². The number of hydrogen-bond donors (Lipinski definition) is 0. The molecule has 0 N–H and O–H groups in total. The molecule has 0 unspecified atom stereocenters. The van der Waals surface area contributed by atoms with Crippen LogP contribution in [0.3, 0.4) is 0 Å². The van der Waals surface area contributed by atoms with Gasteiger partial charge in [0.25, 0.3) is 0 Å². The van der Waals surface area contributed by atoms with E-state index in [4.69, 9.17) is 16.3 Å². The fourth-order valence-electron chi connectivity index (χ4n) is 3.31. The molecule has 142 valence electrons. The Kier molecular flexibility index (Phi) is 7.11. The maximum absolute atomic E-state index is 6.16. The zero-order valence-electron chi connectivity index (χ0n) is 16.1. The summed E-state index contributed by atoms with van der Waals surface area (Å²) in [6.45, 7) is 6.32. The molecule has 0 saturated heterocycles. The third-order valence-electron chi connectivity index (χ3n) is 4.65. The van der Waals surface area contributed by atoms with Crippen LogP contribution in [0.25, 0.3) is 0 Å². The molecule has 3 nitrogen and oxygen atoms in total. The van der Waals surface area contributed by atoms with Gasteiger partial charge >= 0.3 is 0 Å². The van der Waals surface area contributed by atoms with Crippen LogP contribution in [0, 0.1) is 6.92 Å². The Hall–Kier alpha value is -2.07. The first kappa shape index (κ1) is 19.7. The summed E-state index contributed by atoms with van der Waals surface area (Å²) in [6, 6.07) is 21.1. The number of methoxy groups -OCH3 is 1. The summed E-state index contributed by atoms with van der Waals surface area (Å²) in [6.07, 6.45) is 2.16. The minimum Gasteiger partial charge on any atom is -0.383 e. The minimum atomic E-state index is 0.707. The monoisotopic (exact) mass is 382 g/mol. The summed E-state index contributed by atoms with van der Waals surface area (Å²) in [4.78, 5) is 2.40. The van der Waals surface area contributed by atoms with Crippen molar-refractivity contribution in [3.05, 3.63) is 94.3 Å². The molecule has 4 heteroatoms. The molecular weight excluding hydrogens is 356 g/mol. The summed E-state index contributed by atoms with van der Waals surface area (Å²) < 4.78 is 7.64. The van der Waals surface area contributed by atoms with Crippen molar-refractivity contribution in [2.24, 2.45) is 0 Å². The van der Waals surface area contributed by atoms with Gasteiger partial charge in [0, 0.05) is 50.2 Å². The smallest absolute Gasteiger partial charge is 0.0589 e. The SMILES string of the molecule is COCCN(Cc1cccc(Cl)c1)Cc1cccn1Cc1cccc(C)c1. The topological polar surface area (TPSA) is 17.4 Å². The second kappa shape index (κ2) is 9.75. The lowest BCUT2D eigenvalue weighted by Crippen LogP contribution is -2.27. The summed E-state index contributed by atoms with van der Waals surface area (Å²) in [5, 5.41) is 0.780. The molecule has 3 aromatic rings. The van der Waals surface area contributed by atoms with E-state index in [-0.39, 0.29) is 0 Å². The van der Waals surface area contributed by atoms with Gasteiger partial charge in [-0.3, -0.25) is 4.90 Å². The Bertz CT molecular complexity index is 859. The van der Waals surface area contributed by atoms with Gasteiger partial charge < -0.3 is 9.30 Å². The van der Waals surface area contributed by atoms with E-state index in [0.29, 0.717) is 6.61 Å². The second-order valence-corrected chi connectivity index (χ2v) is 7.39. The van der Waals surface area contributed by atoms with Gasteiger partial charge in [0.1, 0.15) is 0 Å². The van der Waals surface area contributed by atoms with Crippen molar-refractivity contribution in [3.63, 3.8) is 0 Å². The first-order valence-electron chi connectivity index (χ1n) is 9.29.